The summed E-state index contributed by atoms with van der Waals surface area (Å²) in [5, 5.41) is 10.7. The van der Waals surface area contributed by atoms with Gasteiger partial charge in [0.2, 0.25) is 0 Å². The minimum Gasteiger partial charge on any atom is -0.493 e. The third-order valence-electron chi connectivity index (χ3n) is 3.36. The van der Waals surface area contributed by atoms with Gasteiger partial charge in [0.15, 0.2) is 11.5 Å². The zero-order valence-electron chi connectivity index (χ0n) is 12.6. The van der Waals surface area contributed by atoms with Crippen LogP contribution in [0, 0.1) is 13.8 Å². The Bertz CT molecular complexity index is 632. The van der Waals surface area contributed by atoms with Crippen LogP contribution in [0.4, 0.5) is 0 Å². The van der Waals surface area contributed by atoms with Gasteiger partial charge in [-0.25, -0.2) is 0 Å². The second-order valence-corrected chi connectivity index (χ2v) is 5.91. The van der Waals surface area contributed by atoms with Crippen LogP contribution in [-0.2, 0) is 0 Å². The Hall–Kier alpha value is -1.52. The Labute approximate surface area is 133 Å². The molecule has 2 aromatic rings. The topological polar surface area (TPSA) is 38.7 Å². The summed E-state index contributed by atoms with van der Waals surface area (Å²) in [5.74, 6) is 1.22. The van der Waals surface area contributed by atoms with Crippen LogP contribution in [-0.4, -0.2) is 19.3 Å². The lowest BCUT2D eigenvalue weighted by atomic mass is 9.97. The molecule has 21 heavy (non-hydrogen) atoms. The Morgan fingerprint density at radius 2 is 1.43 bits per heavy atom. The SMILES string of the molecule is COc1cc(Br)c(C(O)c2cc(C)cc(C)c2)cc1OC. The first-order valence-electron chi connectivity index (χ1n) is 6.64. The van der Waals surface area contributed by atoms with Crippen molar-refractivity contribution < 1.29 is 14.6 Å². The molecule has 3 nitrogen and oxygen atoms in total. The lowest BCUT2D eigenvalue weighted by Crippen LogP contribution is -2.03. The zero-order chi connectivity index (χ0) is 15.6. The fourth-order valence-electron chi connectivity index (χ4n) is 2.43. The number of halogens is 1. The van der Waals surface area contributed by atoms with Crippen LogP contribution in [0.3, 0.4) is 0 Å². The molecule has 0 aliphatic heterocycles. The third kappa shape index (κ3) is 3.39. The van der Waals surface area contributed by atoms with E-state index in [4.69, 9.17) is 9.47 Å². The van der Waals surface area contributed by atoms with Crippen molar-refractivity contribution in [2.24, 2.45) is 0 Å². The molecule has 0 heterocycles. The van der Waals surface area contributed by atoms with Crippen molar-refractivity contribution in [2.45, 2.75) is 20.0 Å². The second-order valence-electron chi connectivity index (χ2n) is 5.05. The summed E-state index contributed by atoms with van der Waals surface area (Å²) in [5.41, 5.74) is 3.86. The van der Waals surface area contributed by atoms with Crippen LogP contribution in [0.25, 0.3) is 0 Å². The fraction of sp³-hybridized carbons (Fsp3) is 0.294. The summed E-state index contributed by atoms with van der Waals surface area (Å²) >= 11 is 3.49. The molecule has 0 spiro atoms. The van der Waals surface area contributed by atoms with E-state index in [9.17, 15) is 5.11 Å². The molecule has 2 aromatic carbocycles. The van der Waals surface area contributed by atoms with Crippen LogP contribution in [0.1, 0.15) is 28.4 Å². The van der Waals surface area contributed by atoms with Crippen molar-refractivity contribution in [3.63, 3.8) is 0 Å². The summed E-state index contributed by atoms with van der Waals surface area (Å²) in [4.78, 5) is 0. The van der Waals surface area contributed by atoms with Crippen molar-refractivity contribution in [1.82, 2.24) is 0 Å². The van der Waals surface area contributed by atoms with Crippen LogP contribution in [0.2, 0.25) is 0 Å². The zero-order valence-corrected chi connectivity index (χ0v) is 14.2. The number of rotatable bonds is 4. The number of benzene rings is 2. The predicted octanol–water partition coefficient (Wildman–Crippen LogP) is 4.16. The molecule has 0 saturated carbocycles. The van der Waals surface area contributed by atoms with E-state index in [1.165, 1.54) is 0 Å². The molecule has 0 aliphatic carbocycles. The van der Waals surface area contributed by atoms with Crippen molar-refractivity contribution >= 4 is 15.9 Å². The standard InChI is InChI=1S/C17H19BrO3/c1-10-5-11(2)7-12(6-10)17(19)13-8-15(20-3)16(21-4)9-14(13)18/h5-9,17,19H,1-4H3. The molecule has 4 heteroatoms. The predicted molar refractivity (Wildman–Crippen MR) is 87.2 cm³/mol. The maximum atomic E-state index is 10.7. The van der Waals surface area contributed by atoms with Crippen LogP contribution >= 0.6 is 15.9 Å². The minimum absolute atomic E-state index is 0.596. The maximum absolute atomic E-state index is 10.7. The first-order chi connectivity index (χ1) is 9.96. The first kappa shape index (κ1) is 15.9. The molecular formula is C17H19BrO3. The van der Waals surface area contributed by atoms with E-state index in [0.29, 0.717) is 11.5 Å². The van der Waals surface area contributed by atoms with Gasteiger partial charge in [-0.2, -0.15) is 0 Å². The molecule has 0 aromatic heterocycles. The molecule has 1 unspecified atom stereocenters. The highest BCUT2D eigenvalue weighted by Gasteiger charge is 2.18. The van der Waals surface area contributed by atoms with Gasteiger partial charge in [-0.05, 0) is 31.5 Å². The summed E-state index contributed by atoms with van der Waals surface area (Å²) in [6.45, 7) is 4.04. The number of aliphatic hydroxyl groups is 1. The molecule has 0 radical (unpaired) electrons. The highest BCUT2D eigenvalue weighted by Crippen LogP contribution is 2.38. The number of methoxy groups -OCH3 is 2. The van der Waals surface area contributed by atoms with E-state index >= 15 is 0 Å². The average molecular weight is 351 g/mol. The van der Waals surface area contributed by atoms with Gasteiger partial charge in [-0.3, -0.25) is 0 Å². The van der Waals surface area contributed by atoms with E-state index in [1.54, 1.807) is 26.4 Å². The van der Waals surface area contributed by atoms with E-state index < -0.39 is 6.10 Å². The van der Waals surface area contributed by atoms with Gasteiger partial charge in [-0.1, -0.05) is 45.3 Å². The van der Waals surface area contributed by atoms with Crippen LogP contribution in [0.5, 0.6) is 11.5 Å². The Morgan fingerprint density at radius 1 is 0.905 bits per heavy atom. The van der Waals surface area contributed by atoms with E-state index in [0.717, 1.165) is 26.7 Å². The average Bonchev–Trinajstić information content (AvgIpc) is 2.45. The van der Waals surface area contributed by atoms with Gasteiger partial charge in [0.25, 0.3) is 0 Å². The van der Waals surface area contributed by atoms with Crippen molar-refractivity contribution in [1.29, 1.82) is 0 Å². The van der Waals surface area contributed by atoms with Gasteiger partial charge in [0.1, 0.15) is 6.10 Å². The summed E-state index contributed by atoms with van der Waals surface area (Å²) in [6.07, 6.45) is -0.724. The number of hydrogen-bond acceptors (Lipinski definition) is 3. The lowest BCUT2D eigenvalue weighted by molar-refractivity contribution is 0.218. The molecular weight excluding hydrogens is 332 g/mol. The number of hydrogen-bond donors (Lipinski definition) is 1. The highest BCUT2D eigenvalue weighted by molar-refractivity contribution is 9.10. The first-order valence-corrected chi connectivity index (χ1v) is 7.43. The van der Waals surface area contributed by atoms with E-state index in [1.807, 2.05) is 26.0 Å². The highest BCUT2D eigenvalue weighted by atomic mass is 79.9. The van der Waals surface area contributed by atoms with Crippen molar-refractivity contribution in [2.75, 3.05) is 14.2 Å². The smallest absolute Gasteiger partial charge is 0.161 e. The van der Waals surface area contributed by atoms with Crippen molar-refractivity contribution in [3.05, 3.63) is 57.1 Å². The second kappa shape index (κ2) is 6.50. The molecule has 2 rings (SSSR count). The van der Waals surface area contributed by atoms with Gasteiger partial charge in [-0.15, -0.1) is 0 Å². The number of ether oxygens (including phenoxy) is 2. The van der Waals surface area contributed by atoms with Gasteiger partial charge < -0.3 is 14.6 Å². The lowest BCUT2D eigenvalue weighted by Gasteiger charge is -2.17. The van der Waals surface area contributed by atoms with Crippen LogP contribution < -0.4 is 9.47 Å². The van der Waals surface area contributed by atoms with Gasteiger partial charge in [0, 0.05) is 10.0 Å². The molecule has 0 aliphatic rings. The largest absolute Gasteiger partial charge is 0.493 e. The Balaban J connectivity index is 2.49. The number of aryl methyl sites for hydroxylation is 2. The molecule has 0 bridgehead atoms. The third-order valence-corrected chi connectivity index (χ3v) is 4.04. The molecule has 112 valence electrons. The molecule has 1 atom stereocenters. The maximum Gasteiger partial charge on any atom is 0.161 e. The van der Waals surface area contributed by atoms with Gasteiger partial charge in [0.05, 0.1) is 14.2 Å². The minimum atomic E-state index is -0.724. The quantitative estimate of drug-likeness (QED) is 0.899. The monoisotopic (exact) mass is 350 g/mol. The van der Waals surface area contributed by atoms with Gasteiger partial charge >= 0.3 is 0 Å². The molecule has 0 amide bonds. The summed E-state index contributed by atoms with van der Waals surface area (Å²) in [6, 6.07) is 9.66. The normalized spacial score (nSPS) is 12.1. The molecule has 0 saturated heterocycles. The fourth-order valence-corrected chi connectivity index (χ4v) is 2.97. The van der Waals surface area contributed by atoms with Crippen molar-refractivity contribution in [3.8, 4) is 11.5 Å². The Morgan fingerprint density at radius 3 is 1.95 bits per heavy atom. The Kier molecular flexibility index (Phi) is 4.91. The molecule has 1 N–H and O–H groups in total. The van der Waals surface area contributed by atoms with E-state index in [2.05, 4.69) is 22.0 Å². The molecule has 0 fully saturated rings. The summed E-state index contributed by atoms with van der Waals surface area (Å²) < 4.78 is 11.4. The van der Waals surface area contributed by atoms with E-state index in [-0.39, 0.29) is 0 Å². The number of aliphatic hydroxyl groups excluding tert-OH is 1. The van der Waals surface area contributed by atoms with Crippen LogP contribution in [0.15, 0.2) is 34.8 Å². The summed E-state index contributed by atoms with van der Waals surface area (Å²) in [7, 11) is 3.17.